The topological polar surface area (TPSA) is 26.0 Å². The maximum absolute atomic E-state index is 13.7. The molecule has 0 aliphatic carbocycles. The van der Waals surface area contributed by atoms with Gasteiger partial charge in [0.15, 0.2) is 0 Å². The molecule has 1 aromatic carbocycles. The Balaban J connectivity index is 0.00000144. The highest BCUT2D eigenvalue weighted by molar-refractivity contribution is 6.33. The first kappa shape index (κ1) is 11.1. The SMILES string of the molecule is CC(C)c1conc1-c1c(F)cccc1Cl.[HH]. The van der Waals surface area contributed by atoms with Gasteiger partial charge in [0.25, 0.3) is 0 Å². The zero-order valence-electron chi connectivity index (χ0n) is 9.00. The van der Waals surface area contributed by atoms with E-state index in [0.717, 1.165) is 5.56 Å². The van der Waals surface area contributed by atoms with Crippen LogP contribution >= 0.6 is 11.6 Å². The van der Waals surface area contributed by atoms with E-state index in [1.54, 1.807) is 12.1 Å². The Morgan fingerprint density at radius 2 is 2.19 bits per heavy atom. The number of hydrogen-bond acceptors (Lipinski definition) is 2. The highest BCUT2D eigenvalue weighted by atomic mass is 35.5. The van der Waals surface area contributed by atoms with Crippen molar-refractivity contribution in [2.75, 3.05) is 0 Å². The van der Waals surface area contributed by atoms with Gasteiger partial charge in [-0.05, 0) is 18.1 Å². The number of halogens is 2. The molecule has 4 heteroatoms. The number of rotatable bonds is 2. The van der Waals surface area contributed by atoms with Crippen molar-refractivity contribution in [2.24, 2.45) is 0 Å². The van der Waals surface area contributed by atoms with Crippen LogP contribution in [0.2, 0.25) is 5.02 Å². The molecule has 0 N–H and O–H groups in total. The van der Waals surface area contributed by atoms with Crippen LogP contribution in [0.25, 0.3) is 11.3 Å². The fourth-order valence-corrected chi connectivity index (χ4v) is 1.82. The van der Waals surface area contributed by atoms with Crippen LogP contribution in [0.15, 0.2) is 29.0 Å². The van der Waals surface area contributed by atoms with Crippen molar-refractivity contribution in [3.05, 3.63) is 40.9 Å². The molecule has 0 saturated heterocycles. The van der Waals surface area contributed by atoms with Gasteiger partial charge >= 0.3 is 0 Å². The Labute approximate surface area is 99.5 Å². The van der Waals surface area contributed by atoms with E-state index in [2.05, 4.69) is 5.16 Å². The summed E-state index contributed by atoms with van der Waals surface area (Å²) in [6.07, 6.45) is 1.53. The van der Waals surface area contributed by atoms with Crippen molar-refractivity contribution in [2.45, 2.75) is 19.8 Å². The van der Waals surface area contributed by atoms with Crippen molar-refractivity contribution in [1.29, 1.82) is 0 Å². The third kappa shape index (κ3) is 1.83. The monoisotopic (exact) mass is 241 g/mol. The predicted molar refractivity (Wildman–Crippen MR) is 63.1 cm³/mol. The maximum Gasteiger partial charge on any atom is 0.134 e. The Hall–Kier alpha value is -1.35. The van der Waals surface area contributed by atoms with E-state index < -0.39 is 0 Å². The summed E-state index contributed by atoms with van der Waals surface area (Å²) in [4.78, 5) is 0. The average Bonchev–Trinajstić information content (AvgIpc) is 2.66. The Morgan fingerprint density at radius 3 is 2.81 bits per heavy atom. The summed E-state index contributed by atoms with van der Waals surface area (Å²) in [6, 6.07) is 4.56. The molecule has 0 bridgehead atoms. The molecule has 0 atom stereocenters. The minimum atomic E-state index is -0.386. The molecule has 0 aliphatic rings. The summed E-state index contributed by atoms with van der Waals surface area (Å²) in [6.45, 7) is 3.98. The molecule has 0 radical (unpaired) electrons. The molecular formula is C12H13ClFNO. The Kier molecular flexibility index (Phi) is 2.97. The first-order valence-electron chi connectivity index (χ1n) is 5.00. The van der Waals surface area contributed by atoms with Crippen LogP contribution in [0, 0.1) is 5.82 Å². The number of benzene rings is 1. The summed E-state index contributed by atoms with van der Waals surface area (Å²) in [5, 5.41) is 4.17. The summed E-state index contributed by atoms with van der Waals surface area (Å²) in [7, 11) is 0. The lowest BCUT2D eigenvalue weighted by Crippen LogP contribution is -1.92. The van der Waals surface area contributed by atoms with Crippen LogP contribution in [-0.2, 0) is 0 Å². The zero-order chi connectivity index (χ0) is 11.7. The van der Waals surface area contributed by atoms with Gasteiger partial charge < -0.3 is 4.52 Å². The molecule has 0 aliphatic heterocycles. The van der Waals surface area contributed by atoms with Crippen LogP contribution < -0.4 is 0 Å². The molecule has 0 unspecified atom stereocenters. The second-order valence-electron chi connectivity index (χ2n) is 3.87. The van der Waals surface area contributed by atoms with Crippen molar-refractivity contribution in [3.8, 4) is 11.3 Å². The van der Waals surface area contributed by atoms with Gasteiger partial charge in [-0.25, -0.2) is 4.39 Å². The van der Waals surface area contributed by atoms with Crippen LogP contribution in [0.4, 0.5) is 4.39 Å². The summed E-state index contributed by atoms with van der Waals surface area (Å²) in [5.74, 6) is -0.180. The molecule has 16 heavy (non-hydrogen) atoms. The molecule has 86 valence electrons. The molecule has 2 aromatic rings. The third-order valence-electron chi connectivity index (χ3n) is 2.42. The first-order chi connectivity index (χ1) is 7.61. The molecular weight excluding hydrogens is 229 g/mol. The summed E-state index contributed by atoms with van der Waals surface area (Å²) < 4.78 is 18.6. The molecule has 2 nitrogen and oxygen atoms in total. The lowest BCUT2D eigenvalue weighted by atomic mass is 9.99. The third-order valence-corrected chi connectivity index (χ3v) is 2.73. The average molecular weight is 242 g/mol. The van der Waals surface area contributed by atoms with Gasteiger partial charge in [-0.15, -0.1) is 0 Å². The first-order valence-corrected chi connectivity index (χ1v) is 5.37. The normalized spacial score (nSPS) is 11.1. The van der Waals surface area contributed by atoms with E-state index >= 15 is 0 Å². The second-order valence-corrected chi connectivity index (χ2v) is 4.28. The van der Waals surface area contributed by atoms with E-state index in [1.807, 2.05) is 13.8 Å². The number of hydrogen-bond donors (Lipinski definition) is 0. The molecule has 0 saturated carbocycles. The van der Waals surface area contributed by atoms with Crippen LogP contribution in [0.5, 0.6) is 0 Å². The number of aromatic nitrogens is 1. The molecule has 0 spiro atoms. The van der Waals surface area contributed by atoms with Crippen molar-refractivity contribution >= 4 is 11.6 Å². The largest absolute Gasteiger partial charge is 0.364 e. The lowest BCUT2D eigenvalue weighted by Gasteiger charge is -2.06. The van der Waals surface area contributed by atoms with Crippen LogP contribution in [0.1, 0.15) is 26.8 Å². The fourth-order valence-electron chi connectivity index (χ4n) is 1.57. The molecule has 1 heterocycles. The van der Waals surface area contributed by atoms with Gasteiger partial charge in [0.2, 0.25) is 0 Å². The van der Waals surface area contributed by atoms with Gasteiger partial charge in [-0.1, -0.05) is 36.7 Å². The van der Waals surface area contributed by atoms with Crippen LogP contribution in [0.3, 0.4) is 0 Å². The molecule has 1 aromatic heterocycles. The van der Waals surface area contributed by atoms with E-state index in [4.69, 9.17) is 16.1 Å². The molecule has 0 amide bonds. The van der Waals surface area contributed by atoms with E-state index in [0.29, 0.717) is 16.3 Å². The number of nitrogens with zero attached hydrogens (tertiary/aromatic N) is 1. The van der Waals surface area contributed by atoms with Gasteiger partial charge in [-0.3, -0.25) is 0 Å². The quantitative estimate of drug-likeness (QED) is 0.774. The standard InChI is InChI=1S/C12H11ClFNO.H2/c1-7(2)8-6-16-15-12(8)11-9(13)4-3-5-10(11)14;/h3-7H,1-2H3;1H. The van der Waals surface area contributed by atoms with Gasteiger partial charge in [0.1, 0.15) is 17.8 Å². The smallest absolute Gasteiger partial charge is 0.134 e. The van der Waals surface area contributed by atoms with E-state index in [-0.39, 0.29) is 13.2 Å². The fraction of sp³-hybridized carbons (Fsp3) is 0.250. The highest BCUT2D eigenvalue weighted by Gasteiger charge is 2.18. The van der Waals surface area contributed by atoms with Crippen molar-refractivity contribution in [3.63, 3.8) is 0 Å². The van der Waals surface area contributed by atoms with Crippen LogP contribution in [-0.4, -0.2) is 5.16 Å². The summed E-state index contributed by atoms with van der Waals surface area (Å²) >= 11 is 5.98. The van der Waals surface area contributed by atoms with E-state index in [1.165, 1.54) is 12.3 Å². The summed E-state index contributed by atoms with van der Waals surface area (Å²) in [5.41, 5.74) is 1.65. The van der Waals surface area contributed by atoms with E-state index in [9.17, 15) is 4.39 Å². The molecule has 2 rings (SSSR count). The van der Waals surface area contributed by atoms with Crippen molar-refractivity contribution < 1.29 is 10.3 Å². The lowest BCUT2D eigenvalue weighted by molar-refractivity contribution is 0.420. The Morgan fingerprint density at radius 1 is 1.44 bits per heavy atom. The van der Waals surface area contributed by atoms with Gasteiger partial charge in [0, 0.05) is 6.99 Å². The minimum Gasteiger partial charge on any atom is -0.364 e. The van der Waals surface area contributed by atoms with Crippen molar-refractivity contribution in [1.82, 2.24) is 5.16 Å². The van der Waals surface area contributed by atoms with Gasteiger partial charge in [-0.2, -0.15) is 0 Å². The molecule has 0 fully saturated rings. The minimum absolute atomic E-state index is 0. The highest BCUT2D eigenvalue weighted by Crippen LogP contribution is 2.34. The van der Waals surface area contributed by atoms with Gasteiger partial charge in [0.05, 0.1) is 10.6 Å². The Bertz CT molecular complexity index is 493. The second kappa shape index (κ2) is 4.26. The predicted octanol–water partition coefficient (Wildman–Crippen LogP) is 4.50. The maximum atomic E-state index is 13.7. The zero-order valence-corrected chi connectivity index (χ0v) is 9.75.